The molecule has 0 aliphatic carbocycles. The zero-order valence-corrected chi connectivity index (χ0v) is 12.2. The SMILES string of the molecule is O=C(O)C1(CCCC2CCCO2)CCOc2ccccc21. The van der Waals surface area contributed by atoms with Crippen molar-refractivity contribution in [1.82, 2.24) is 0 Å². The first-order valence-electron chi connectivity index (χ1n) is 7.80. The maximum absolute atomic E-state index is 12.0. The Morgan fingerprint density at radius 3 is 2.95 bits per heavy atom. The second-order valence-corrected chi connectivity index (χ2v) is 6.01. The molecular weight excluding hydrogens is 268 g/mol. The predicted octanol–water partition coefficient (Wildman–Crippen LogP) is 3.14. The van der Waals surface area contributed by atoms with Crippen LogP contribution >= 0.6 is 0 Å². The molecule has 0 saturated carbocycles. The summed E-state index contributed by atoms with van der Waals surface area (Å²) in [6.45, 7) is 1.33. The first kappa shape index (κ1) is 14.4. The van der Waals surface area contributed by atoms with E-state index in [1.807, 2.05) is 24.3 Å². The lowest BCUT2D eigenvalue weighted by atomic mass is 9.72. The molecule has 2 aliphatic rings. The van der Waals surface area contributed by atoms with Gasteiger partial charge < -0.3 is 14.6 Å². The van der Waals surface area contributed by atoms with Crippen LogP contribution in [0.5, 0.6) is 5.75 Å². The first-order chi connectivity index (χ1) is 10.2. The summed E-state index contributed by atoms with van der Waals surface area (Å²) in [5.74, 6) is -0.00569. The number of para-hydroxylation sites is 1. The van der Waals surface area contributed by atoms with Gasteiger partial charge in [-0.1, -0.05) is 18.2 Å². The summed E-state index contributed by atoms with van der Waals surface area (Å²) in [6.07, 6.45) is 5.60. The second-order valence-electron chi connectivity index (χ2n) is 6.01. The summed E-state index contributed by atoms with van der Waals surface area (Å²) in [5.41, 5.74) is 0.0315. The van der Waals surface area contributed by atoms with Gasteiger partial charge in [0.2, 0.25) is 0 Å². The van der Waals surface area contributed by atoms with Crippen molar-refractivity contribution in [2.45, 2.75) is 50.0 Å². The number of carboxylic acids is 1. The Hall–Kier alpha value is -1.55. The molecule has 0 radical (unpaired) electrons. The highest BCUT2D eigenvalue weighted by atomic mass is 16.5. The summed E-state index contributed by atoms with van der Waals surface area (Å²) in [7, 11) is 0. The number of hydrogen-bond acceptors (Lipinski definition) is 3. The first-order valence-corrected chi connectivity index (χ1v) is 7.80. The molecule has 0 aromatic heterocycles. The van der Waals surface area contributed by atoms with Crippen LogP contribution in [0.2, 0.25) is 0 Å². The van der Waals surface area contributed by atoms with Crippen molar-refractivity contribution in [2.75, 3.05) is 13.2 Å². The van der Waals surface area contributed by atoms with Crippen LogP contribution in [-0.4, -0.2) is 30.4 Å². The van der Waals surface area contributed by atoms with Gasteiger partial charge in [0, 0.05) is 18.6 Å². The number of hydrogen-bond donors (Lipinski definition) is 1. The van der Waals surface area contributed by atoms with E-state index in [0.29, 0.717) is 25.6 Å². The number of fused-ring (bicyclic) bond motifs is 1. The molecule has 1 saturated heterocycles. The molecular formula is C17H22O4. The van der Waals surface area contributed by atoms with Crippen LogP contribution in [0.3, 0.4) is 0 Å². The van der Waals surface area contributed by atoms with Gasteiger partial charge in [-0.15, -0.1) is 0 Å². The van der Waals surface area contributed by atoms with E-state index in [4.69, 9.17) is 9.47 Å². The van der Waals surface area contributed by atoms with Crippen LogP contribution in [-0.2, 0) is 14.9 Å². The van der Waals surface area contributed by atoms with Crippen LogP contribution in [0.1, 0.15) is 44.1 Å². The summed E-state index contributed by atoms with van der Waals surface area (Å²) in [6, 6.07) is 7.55. The Kier molecular flexibility index (Phi) is 4.15. The third-order valence-electron chi connectivity index (χ3n) is 4.75. The average molecular weight is 290 g/mol. The summed E-state index contributed by atoms with van der Waals surface area (Å²) >= 11 is 0. The van der Waals surface area contributed by atoms with Gasteiger partial charge in [-0.25, -0.2) is 0 Å². The van der Waals surface area contributed by atoms with E-state index in [1.165, 1.54) is 0 Å². The average Bonchev–Trinajstić information content (AvgIpc) is 3.00. The predicted molar refractivity (Wildman–Crippen MR) is 78.7 cm³/mol. The van der Waals surface area contributed by atoms with E-state index in [0.717, 1.165) is 43.6 Å². The molecule has 1 fully saturated rings. The number of carboxylic acid groups (broad SMARTS) is 1. The van der Waals surface area contributed by atoms with E-state index in [2.05, 4.69) is 0 Å². The lowest BCUT2D eigenvalue weighted by Crippen LogP contribution is -2.40. The molecule has 0 spiro atoms. The highest BCUT2D eigenvalue weighted by Gasteiger charge is 2.44. The Morgan fingerprint density at radius 1 is 1.33 bits per heavy atom. The highest BCUT2D eigenvalue weighted by molar-refractivity contribution is 5.83. The molecule has 3 rings (SSSR count). The van der Waals surface area contributed by atoms with E-state index in [1.54, 1.807) is 0 Å². The fraction of sp³-hybridized carbons (Fsp3) is 0.588. The van der Waals surface area contributed by atoms with Gasteiger partial charge in [-0.05, 0) is 38.2 Å². The van der Waals surface area contributed by atoms with Crippen LogP contribution in [0.25, 0.3) is 0 Å². The number of carbonyl (C=O) groups is 1. The van der Waals surface area contributed by atoms with E-state index < -0.39 is 11.4 Å². The molecule has 4 heteroatoms. The molecule has 0 bridgehead atoms. The van der Waals surface area contributed by atoms with Crippen molar-refractivity contribution in [3.05, 3.63) is 29.8 Å². The molecule has 2 atom stereocenters. The van der Waals surface area contributed by atoms with E-state index in [-0.39, 0.29) is 0 Å². The van der Waals surface area contributed by atoms with Crippen molar-refractivity contribution in [2.24, 2.45) is 0 Å². The summed E-state index contributed by atoms with van der Waals surface area (Å²) < 4.78 is 11.3. The maximum Gasteiger partial charge on any atom is 0.314 e. The van der Waals surface area contributed by atoms with Gasteiger partial charge in [0.1, 0.15) is 5.75 Å². The zero-order chi connectivity index (χ0) is 14.7. The van der Waals surface area contributed by atoms with Crippen molar-refractivity contribution in [1.29, 1.82) is 0 Å². The fourth-order valence-corrected chi connectivity index (χ4v) is 3.55. The van der Waals surface area contributed by atoms with Gasteiger partial charge in [-0.2, -0.15) is 0 Å². The van der Waals surface area contributed by atoms with Crippen LogP contribution < -0.4 is 4.74 Å². The Bertz CT molecular complexity index is 507. The van der Waals surface area contributed by atoms with Crippen molar-refractivity contribution < 1.29 is 19.4 Å². The number of benzene rings is 1. The molecule has 114 valence electrons. The van der Waals surface area contributed by atoms with Gasteiger partial charge in [0.25, 0.3) is 0 Å². The molecule has 2 unspecified atom stereocenters. The molecule has 1 N–H and O–H groups in total. The standard InChI is InChI=1S/C17H22O4/c18-16(19)17(9-3-5-13-6-4-11-20-13)10-12-21-15-8-2-1-7-14(15)17/h1-2,7-8,13H,3-6,9-12H2,(H,18,19). The van der Waals surface area contributed by atoms with E-state index in [9.17, 15) is 9.90 Å². The maximum atomic E-state index is 12.0. The van der Waals surface area contributed by atoms with Gasteiger partial charge in [0.05, 0.1) is 18.1 Å². The zero-order valence-electron chi connectivity index (χ0n) is 12.2. The van der Waals surface area contributed by atoms with E-state index >= 15 is 0 Å². The Balaban J connectivity index is 1.75. The Labute approximate surface area is 125 Å². The fourth-order valence-electron chi connectivity index (χ4n) is 3.55. The second kappa shape index (κ2) is 6.06. The van der Waals surface area contributed by atoms with Crippen molar-refractivity contribution in [3.63, 3.8) is 0 Å². The minimum atomic E-state index is -0.798. The number of aliphatic carboxylic acids is 1. The molecule has 21 heavy (non-hydrogen) atoms. The monoisotopic (exact) mass is 290 g/mol. The summed E-state index contributed by atoms with van der Waals surface area (Å²) in [5, 5.41) is 9.84. The quantitative estimate of drug-likeness (QED) is 0.905. The van der Waals surface area contributed by atoms with Crippen LogP contribution in [0, 0.1) is 0 Å². The van der Waals surface area contributed by atoms with Crippen LogP contribution in [0.4, 0.5) is 0 Å². The lowest BCUT2D eigenvalue weighted by molar-refractivity contribution is -0.145. The topological polar surface area (TPSA) is 55.8 Å². The van der Waals surface area contributed by atoms with Gasteiger partial charge in [-0.3, -0.25) is 4.79 Å². The van der Waals surface area contributed by atoms with Crippen LogP contribution in [0.15, 0.2) is 24.3 Å². The molecule has 2 heterocycles. The Morgan fingerprint density at radius 2 is 2.19 bits per heavy atom. The molecule has 0 amide bonds. The summed E-state index contributed by atoms with van der Waals surface area (Å²) in [4.78, 5) is 12.0. The van der Waals surface area contributed by atoms with Gasteiger partial charge >= 0.3 is 5.97 Å². The number of rotatable bonds is 5. The molecule has 1 aromatic carbocycles. The largest absolute Gasteiger partial charge is 0.493 e. The molecule has 2 aliphatic heterocycles. The smallest absolute Gasteiger partial charge is 0.314 e. The highest BCUT2D eigenvalue weighted by Crippen LogP contribution is 2.42. The lowest BCUT2D eigenvalue weighted by Gasteiger charge is -2.35. The minimum Gasteiger partial charge on any atom is -0.493 e. The molecule has 4 nitrogen and oxygen atoms in total. The minimum absolute atomic E-state index is 0.325. The molecule has 1 aromatic rings. The van der Waals surface area contributed by atoms with Crippen molar-refractivity contribution in [3.8, 4) is 5.75 Å². The normalized spacial score (nSPS) is 27.9. The number of ether oxygens (including phenoxy) is 2. The third-order valence-corrected chi connectivity index (χ3v) is 4.75. The third kappa shape index (κ3) is 2.77. The van der Waals surface area contributed by atoms with Crippen molar-refractivity contribution >= 4 is 5.97 Å². The van der Waals surface area contributed by atoms with Gasteiger partial charge in [0.15, 0.2) is 0 Å².